The van der Waals surface area contributed by atoms with Gasteiger partial charge in [-0.3, -0.25) is 4.90 Å². The minimum Gasteiger partial charge on any atom is -0.346 e. The molecular formula is C23H26N4. The Hall–Kier alpha value is -2.61. The molecule has 1 aromatic heterocycles. The highest BCUT2D eigenvalue weighted by Crippen LogP contribution is 2.22. The van der Waals surface area contributed by atoms with Crippen LogP contribution in [0.15, 0.2) is 60.8 Å². The van der Waals surface area contributed by atoms with Gasteiger partial charge in [-0.15, -0.1) is 0 Å². The van der Waals surface area contributed by atoms with E-state index in [1.54, 1.807) is 0 Å². The van der Waals surface area contributed by atoms with Gasteiger partial charge in [-0.25, -0.2) is 0 Å². The highest BCUT2D eigenvalue weighted by molar-refractivity contribution is 5.83. The van der Waals surface area contributed by atoms with Gasteiger partial charge in [0.2, 0.25) is 0 Å². The van der Waals surface area contributed by atoms with Crippen LogP contribution < -0.4 is 5.32 Å². The van der Waals surface area contributed by atoms with Crippen LogP contribution in [0.1, 0.15) is 24.0 Å². The predicted octanol–water partition coefficient (Wildman–Crippen LogP) is 3.92. The summed E-state index contributed by atoms with van der Waals surface area (Å²) in [5, 5.41) is 14.0. The number of aryl methyl sites for hydroxylation is 1. The number of likely N-dealkylation sites (tertiary alicyclic amines) is 1. The van der Waals surface area contributed by atoms with E-state index >= 15 is 0 Å². The van der Waals surface area contributed by atoms with Gasteiger partial charge in [-0.1, -0.05) is 48.5 Å². The van der Waals surface area contributed by atoms with Crippen molar-refractivity contribution in [3.05, 3.63) is 71.9 Å². The summed E-state index contributed by atoms with van der Waals surface area (Å²) in [7, 11) is 0. The number of nitriles is 1. The largest absolute Gasteiger partial charge is 0.346 e. The van der Waals surface area contributed by atoms with Crippen LogP contribution >= 0.6 is 0 Å². The number of benzene rings is 2. The van der Waals surface area contributed by atoms with Crippen molar-refractivity contribution in [2.75, 3.05) is 13.1 Å². The maximum atomic E-state index is 8.90. The van der Waals surface area contributed by atoms with E-state index in [2.05, 4.69) is 81.6 Å². The van der Waals surface area contributed by atoms with E-state index < -0.39 is 0 Å². The van der Waals surface area contributed by atoms with Crippen LogP contribution in [-0.4, -0.2) is 28.6 Å². The molecule has 3 aromatic rings. The van der Waals surface area contributed by atoms with E-state index in [-0.39, 0.29) is 0 Å². The number of nitrogens with zero attached hydrogens (tertiary/aromatic N) is 3. The average Bonchev–Trinajstić information content (AvgIpc) is 3.30. The third-order valence-electron chi connectivity index (χ3n) is 5.44. The third-order valence-corrected chi connectivity index (χ3v) is 5.44. The van der Waals surface area contributed by atoms with Crippen LogP contribution in [0, 0.1) is 11.3 Å². The van der Waals surface area contributed by atoms with Gasteiger partial charge < -0.3 is 9.88 Å². The van der Waals surface area contributed by atoms with Gasteiger partial charge in [0.15, 0.2) is 0 Å². The lowest BCUT2D eigenvalue weighted by atomic mass is 10.1. The number of fused-ring (bicyclic) bond motifs is 1. The van der Waals surface area contributed by atoms with Crippen molar-refractivity contribution in [3.8, 4) is 6.07 Å². The zero-order valence-electron chi connectivity index (χ0n) is 15.6. The Morgan fingerprint density at radius 3 is 2.74 bits per heavy atom. The minimum atomic E-state index is 0.537. The molecule has 0 radical (unpaired) electrons. The minimum absolute atomic E-state index is 0.537. The Kier molecular flexibility index (Phi) is 5.53. The van der Waals surface area contributed by atoms with Crippen molar-refractivity contribution in [3.63, 3.8) is 0 Å². The second-order valence-electron chi connectivity index (χ2n) is 7.36. The number of para-hydroxylation sites is 1. The maximum Gasteiger partial charge on any atom is 0.0640 e. The molecule has 0 amide bonds. The van der Waals surface area contributed by atoms with Crippen LogP contribution in [0.3, 0.4) is 0 Å². The Morgan fingerprint density at radius 2 is 1.89 bits per heavy atom. The first-order chi connectivity index (χ1) is 13.3. The zero-order valence-corrected chi connectivity index (χ0v) is 15.6. The molecule has 2 aromatic carbocycles. The molecule has 4 heteroatoms. The van der Waals surface area contributed by atoms with Gasteiger partial charge >= 0.3 is 0 Å². The van der Waals surface area contributed by atoms with E-state index in [4.69, 9.17) is 5.26 Å². The molecule has 0 aliphatic carbocycles. The second kappa shape index (κ2) is 8.39. The first-order valence-electron chi connectivity index (χ1n) is 9.77. The van der Waals surface area contributed by atoms with Crippen LogP contribution in [0.2, 0.25) is 0 Å². The lowest BCUT2D eigenvalue weighted by molar-refractivity contribution is 0.320. The van der Waals surface area contributed by atoms with E-state index in [9.17, 15) is 0 Å². The molecule has 1 saturated heterocycles. The molecule has 1 atom stereocenters. The Labute approximate surface area is 161 Å². The highest BCUT2D eigenvalue weighted by atomic mass is 15.2. The van der Waals surface area contributed by atoms with Gasteiger partial charge in [0.05, 0.1) is 12.5 Å². The van der Waals surface area contributed by atoms with Crippen molar-refractivity contribution in [2.45, 2.75) is 38.5 Å². The number of hydrogen-bond acceptors (Lipinski definition) is 3. The number of nitrogens with one attached hydrogen (secondary N) is 1. The number of rotatable bonds is 7. The molecular weight excluding hydrogens is 332 g/mol. The molecule has 0 saturated carbocycles. The highest BCUT2D eigenvalue weighted by Gasteiger charge is 2.22. The summed E-state index contributed by atoms with van der Waals surface area (Å²) in [6.45, 7) is 4.92. The summed E-state index contributed by atoms with van der Waals surface area (Å²) in [5.41, 5.74) is 3.94. The molecule has 0 unspecified atom stereocenters. The molecule has 0 spiro atoms. The fraction of sp³-hybridized carbons (Fsp3) is 0.348. The summed E-state index contributed by atoms with van der Waals surface area (Å²) in [6, 6.07) is 22.0. The van der Waals surface area contributed by atoms with E-state index in [1.807, 2.05) is 0 Å². The van der Waals surface area contributed by atoms with Crippen LogP contribution in [0.5, 0.6) is 0 Å². The molecule has 27 heavy (non-hydrogen) atoms. The molecule has 4 nitrogen and oxygen atoms in total. The van der Waals surface area contributed by atoms with Crippen LogP contribution in [0.4, 0.5) is 0 Å². The topological polar surface area (TPSA) is 44.0 Å². The second-order valence-corrected chi connectivity index (χ2v) is 7.36. The molecule has 2 heterocycles. The molecule has 1 fully saturated rings. The van der Waals surface area contributed by atoms with E-state index in [0.29, 0.717) is 12.5 Å². The number of aromatic nitrogens is 1. The van der Waals surface area contributed by atoms with E-state index in [0.717, 1.165) is 32.7 Å². The normalized spacial score (nSPS) is 17.4. The van der Waals surface area contributed by atoms with Gasteiger partial charge in [-0.2, -0.15) is 5.26 Å². The molecule has 4 rings (SSSR count). The van der Waals surface area contributed by atoms with Crippen molar-refractivity contribution >= 4 is 10.9 Å². The van der Waals surface area contributed by atoms with Crippen molar-refractivity contribution in [1.82, 2.24) is 14.8 Å². The van der Waals surface area contributed by atoms with E-state index in [1.165, 1.54) is 28.5 Å². The summed E-state index contributed by atoms with van der Waals surface area (Å²) in [6.07, 6.45) is 3.95. The first kappa shape index (κ1) is 17.8. The lowest BCUT2D eigenvalue weighted by Gasteiger charge is -2.16. The fourth-order valence-electron chi connectivity index (χ4n) is 4.06. The Balaban J connectivity index is 1.37. The fourth-order valence-corrected chi connectivity index (χ4v) is 4.06. The van der Waals surface area contributed by atoms with Gasteiger partial charge in [0, 0.05) is 55.9 Å². The Morgan fingerprint density at radius 1 is 1.07 bits per heavy atom. The predicted molar refractivity (Wildman–Crippen MR) is 109 cm³/mol. The van der Waals surface area contributed by atoms with Gasteiger partial charge in [0.25, 0.3) is 0 Å². The quantitative estimate of drug-likeness (QED) is 0.696. The smallest absolute Gasteiger partial charge is 0.0640 e. The molecule has 1 aliphatic rings. The summed E-state index contributed by atoms with van der Waals surface area (Å²) >= 11 is 0. The monoisotopic (exact) mass is 358 g/mol. The van der Waals surface area contributed by atoms with Crippen LogP contribution in [0.25, 0.3) is 10.9 Å². The summed E-state index contributed by atoms with van der Waals surface area (Å²) < 4.78 is 2.21. The molecule has 0 bridgehead atoms. The summed E-state index contributed by atoms with van der Waals surface area (Å²) in [5.74, 6) is 0. The van der Waals surface area contributed by atoms with Gasteiger partial charge in [-0.05, 0) is 23.6 Å². The SMILES string of the molecule is N#CCCn1cc(CN[C@@H]2CCN(Cc3ccccc3)C2)c2ccccc21. The standard InChI is InChI=1S/C23H26N4/c24-12-6-13-27-17-20(22-9-4-5-10-23(22)27)15-25-21-11-14-26(18-21)16-19-7-2-1-3-8-19/h1-5,7-10,17,21,25H,6,11,13-16,18H2/t21-/m1/s1. The molecule has 1 aliphatic heterocycles. The van der Waals surface area contributed by atoms with Crippen LogP contribution in [-0.2, 0) is 19.6 Å². The zero-order chi connectivity index (χ0) is 18.5. The molecule has 138 valence electrons. The maximum absolute atomic E-state index is 8.90. The van der Waals surface area contributed by atoms with Gasteiger partial charge in [0.1, 0.15) is 0 Å². The van der Waals surface area contributed by atoms with Crippen molar-refractivity contribution in [1.29, 1.82) is 5.26 Å². The Bertz CT molecular complexity index is 922. The average molecular weight is 358 g/mol. The summed E-state index contributed by atoms with van der Waals surface area (Å²) in [4.78, 5) is 2.53. The number of hydrogen-bond donors (Lipinski definition) is 1. The third kappa shape index (κ3) is 4.21. The van der Waals surface area contributed by atoms with Crippen molar-refractivity contribution in [2.24, 2.45) is 0 Å². The van der Waals surface area contributed by atoms with Crippen molar-refractivity contribution < 1.29 is 0 Å². The lowest BCUT2D eigenvalue weighted by Crippen LogP contribution is -2.31. The molecule has 1 N–H and O–H groups in total. The first-order valence-corrected chi connectivity index (χ1v) is 9.77.